The zero-order valence-electron chi connectivity index (χ0n) is 9.39. The zero-order chi connectivity index (χ0) is 13.8. The van der Waals surface area contributed by atoms with Crippen molar-refractivity contribution < 1.29 is 9.18 Å². The van der Waals surface area contributed by atoms with Gasteiger partial charge in [0.05, 0.1) is 23.6 Å². The molecule has 0 atom stereocenters. The molecule has 0 bridgehead atoms. The number of hydrogen-bond donors (Lipinski definition) is 1. The molecule has 0 aliphatic heterocycles. The second-order valence-electron chi connectivity index (χ2n) is 3.48. The van der Waals surface area contributed by atoms with Crippen molar-refractivity contribution in [2.75, 3.05) is 5.32 Å². The molecule has 5 nitrogen and oxygen atoms in total. The first-order valence-corrected chi connectivity index (χ1v) is 5.46. The lowest BCUT2D eigenvalue weighted by molar-refractivity contribution is 0.102. The molecule has 94 valence electrons. The van der Waals surface area contributed by atoms with E-state index < -0.39 is 11.7 Å². The Kier molecular flexibility index (Phi) is 3.68. The van der Waals surface area contributed by atoms with Crippen molar-refractivity contribution in [1.29, 1.82) is 5.26 Å². The summed E-state index contributed by atoms with van der Waals surface area (Å²) in [6.07, 6.45) is 2.52. The Bertz CT molecular complexity index is 684. The van der Waals surface area contributed by atoms with Crippen molar-refractivity contribution in [3.8, 4) is 6.07 Å². The number of nitriles is 1. The lowest BCUT2D eigenvalue weighted by Crippen LogP contribution is -2.15. The number of rotatable bonds is 2. The number of nitrogens with zero attached hydrogens (tertiary/aromatic N) is 3. The average Bonchev–Trinajstić information content (AvgIpc) is 2.40. The molecule has 19 heavy (non-hydrogen) atoms. The van der Waals surface area contributed by atoms with E-state index in [-0.39, 0.29) is 22.1 Å². The summed E-state index contributed by atoms with van der Waals surface area (Å²) in [4.78, 5) is 19.3. The van der Waals surface area contributed by atoms with E-state index in [4.69, 9.17) is 16.9 Å². The molecule has 0 spiro atoms. The van der Waals surface area contributed by atoms with Crippen molar-refractivity contribution in [3.05, 3.63) is 52.8 Å². The maximum atomic E-state index is 12.9. The monoisotopic (exact) mass is 276 g/mol. The molecule has 0 aliphatic carbocycles. The molecule has 1 aromatic carbocycles. The zero-order valence-corrected chi connectivity index (χ0v) is 10.1. The van der Waals surface area contributed by atoms with Gasteiger partial charge in [-0.1, -0.05) is 11.6 Å². The van der Waals surface area contributed by atoms with E-state index in [2.05, 4.69) is 15.3 Å². The number of anilines is 1. The number of nitrogens with one attached hydrogen (secondary N) is 1. The summed E-state index contributed by atoms with van der Waals surface area (Å²) in [6, 6.07) is 5.25. The number of benzene rings is 1. The highest BCUT2D eigenvalue weighted by Crippen LogP contribution is 2.16. The van der Waals surface area contributed by atoms with Gasteiger partial charge >= 0.3 is 0 Å². The Morgan fingerprint density at radius 1 is 1.42 bits per heavy atom. The van der Waals surface area contributed by atoms with Crippen molar-refractivity contribution in [1.82, 2.24) is 9.97 Å². The van der Waals surface area contributed by atoms with Gasteiger partial charge in [0, 0.05) is 0 Å². The molecular formula is C12H6ClFN4O. The van der Waals surface area contributed by atoms with Crippen LogP contribution >= 0.6 is 11.6 Å². The summed E-state index contributed by atoms with van der Waals surface area (Å²) < 4.78 is 12.9. The van der Waals surface area contributed by atoms with E-state index in [1.165, 1.54) is 18.5 Å². The first kappa shape index (κ1) is 12.9. The quantitative estimate of drug-likeness (QED) is 0.913. The largest absolute Gasteiger partial charge is 0.319 e. The summed E-state index contributed by atoms with van der Waals surface area (Å²) in [5, 5.41) is 11.4. The molecule has 0 radical (unpaired) electrons. The lowest BCUT2D eigenvalue weighted by atomic mass is 10.2. The fourth-order valence-electron chi connectivity index (χ4n) is 1.36. The van der Waals surface area contributed by atoms with Gasteiger partial charge in [-0.25, -0.2) is 9.37 Å². The predicted octanol–water partition coefficient (Wildman–Crippen LogP) is 2.39. The summed E-state index contributed by atoms with van der Waals surface area (Å²) in [5.41, 5.74) is 0.208. The SMILES string of the molecule is N#Cc1cc(F)ccc1NC(=O)c1cncc(Cl)n1. The van der Waals surface area contributed by atoms with E-state index in [0.29, 0.717) is 0 Å². The van der Waals surface area contributed by atoms with Crippen LogP contribution in [0.5, 0.6) is 0 Å². The second-order valence-corrected chi connectivity index (χ2v) is 3.87. The Hall–Kier alpha value is -2.52. The van der Waals surface area contributed by atoms with Crippen molar-refractivity contribution in [2.45, 2.75) is 0 Å². The van der Waals surface area contributed by atoms with Crippen LogP contribution in [-0.4, -0.2) is 15.9 Å². The molecular weight excluding hydrogens is 271 g/mol. The van der Waals surface area contributed by atoms with Gasteiger partial charge in [0.2, 0.25) is 0 Å². The van der Waals surface area contributed by atoms with Crippen LogP contribution in [0.3, 0.4) is 0 Å². The third-order valence-electron chi connectivity index (χ3n) is 2.19. The normalized spacial score (nSPS) is 9.74. The Labute approximate surface area is 112 Å². The molecule has 0 fully saturated rings. The standard InChI is InChI=1S/C12H6ClFN4O/c13-11-6-16-5-10(17-11)12(19)18-9-2-1-8(14)3-7(9)4-15/h1-3,5-6H,(H,18,19). The third kappa shape index (κ3) is 3.03. The number of halogens is 2. The number of aromatic nitrogens is 2. The first-order valence-electron chi connectivity index (χ1n) is 5.08. The summed E-state index contributed by atoms with van der Waals surface area (Å²) in [5.74, 6) is -1.14. The smallest absolute Gasteiger partial charge is 0.275 e. The van der Waals surface area contributed by atoms with Gasteiger partial charge in [-0.15, -0.1) is 0 Å². The Balaban J connectivity index is 2.27. The molecule has 1 amide bonds. The molecule has 2 rings (SSSR count). The van der Waals surface area contributed by atoms with Crippen LogP contribution in [-0.2, 0) is 0 Å². The van der Waals surface area contributed by atoms with E-state index in [0.717, 1.165) is 12.1 Å². The Morgan fingerprint density at radius 2 is 2.21 bits per heavy atom. The summed E-state index contributed by atoms with van der Waals surface area (Å²) in [7, 11) is 0. The number of amides is 1. The van der Waals surface area contributed by atoms with Crippen molar-refractivity contribution in [3.63, 3.8) is 0 Å². The number of carbonyl (C=O) groups is 1. The van der Waals surface area contributed by atoms with Crippen LogP contribution in [0, 0.1) is 17.1 Å². The van der Waals surface area contributed by atoms with Gasteiger partial charge in [-0.05, 0) is 18.2 Å². The van der Waals surface area contributed by atoms with Gasteiger partial charge in [-0.2, -0.15) is 5.26 Å². The lowest BCUT2D eigenvalue weighted by Gasteiger charge is -2.06. The van der Waals surface area contributed by atoms with Gasteiger partial charge in [0.25, 0.3) is 5.91 Å². The van der Waals surface area contributed by atoms with Gasteiger partial charge in [0.1, 0.15) is 22.7 Å². The number of carbonyl (C=O) groups excluding carboxylic acids is 1. The van der Waals surface area contributed by atoms with E-state index in [1.54, 1.807) is 6.07 Å². The molecule has 1 heterocycles. The highest BCUT2D eigenvalue weighted by Gasteiger charge is 2.11. The molecule has 0 saturated carbocycles. The molecule has 0 aliphatic rings. The number of hydrogen-bond acceptors (Lipinski definition) is 4. The maximum absolute atomic E-state index is 12.9. The van der Waals surface area contributed by atoms with Crippen molar-refractivity contribution in [2.24, 2.45) is 0 Å². The molecule has 0 unspecified atom stereocenters. The van der Waals surface area contributed by atoms with Crippen LogP contribution in [0.4, 0.5) is 10.1 Å². The second kappa shape index (κ2) is 5.42. The van der Waals surface area contributed by atoms with Gasteiger partial charge < -0.3 is 5.32 Å². The highest BCUT2D eigenvalue weighted by atomic mass is 35.5. The highest BCUT2D eigenvalue weighted by molar-refractivity contribution is 6.29. The van der Waals surface area contributed by atoms with Crippen LogP contribution < -0.4 is 5.32 Å². The maximum Gasteiger partial charge on any atom is 0.275 e. The third-order valence-corrected chi connectivity index (χ3v) is 2.37. The van der Waals surface area contributed by atoms with E-state index >= 15 is 0 Å². The van der Waals surface area contributed by atoms with Crippen LogP contribution in [0.25, 0.3) is 0 Å². The molecule has 1 N–H and O–H groups in total. The Morgan fingerprint density at radius 3 is 2.89 bits per heavy atom. The summed E-state index contributed by atoms with van der Waals surface area (Å²) in [6.45, 7) is 0. The van der Waals surface area contributed by atoms with Crippen LogP contribution in [0.1, 0.15) is 16.1 Å². The van der Waals surface area contributed by atoms with Crippen molar-refractivity contribution >= 4 is 23.2 Å². The van der Waals surface area contributed by atoms with Gasteiger partial charge in [0.15, 0.2) is 0 Å². The minimum Gasteiger partial charge on any atom is -0.319 e. The predicted molar refractivity (Wildman–Crippen MR) is 66.1 cm³/mol. The topological polar surface area (TPSA) is 78.7 Å². The first-order chi connectivity index (χ1) is 9.10. The summed E-state index contributed by atoms with van der Waals surface area (Å²) >= 11 is 5.62. The van der Waals surface area contributed by atoms with E-state index in [9.17, 15) is 9.18 Å². The van der Waals surface area contributed by atoms with Gasteiger partial charge in [-0.3, -0.25) is 9.78 Å². The molecule has 1 aromatic heterocycles. The molecule has 2 aromatic rings. The fourth-order valence-corrected chi connectivity index (χ4v) is 1.50. The fraction of sp³-hybridized carbons (Fsp3) is 0. The minimum atomic E-state index is -0.585. The molecule has 7 heteroatoms. The van der Waals surface area contributed by atoms with Crippen LogP contribution in [0.2, 0.25) is 5.15 Å². The van der Waals surface area contributed by atoms with E-state index in [1.807, 2.05) is 0 Å². The average molecular weight is 277 g/mol. The molecule has 0 saturated heterocycles. The minimum absolute atomic E-state index is 0.000662. The van der Waals surface area contributed by atoms with Crippen LogP contribution in [0.15, 0.2) is 30.6 Å².